The quantitative estimate of drug-likeness (QED) is 0.584. The number of carbonyl (C=O) groups excluding carboxylic acids is 2. The largest absolute Gasteiger partial charge is 0.492 e. The van der Waals surface area contributed by atoms with Gasteiger partial charge in [0.2, 0.25) is 0 Å². The first kappa shape index (κ1) is 19.6. The summed E-state index contributed by atoms with van der Waals surface area (Å²) >= 11 is 1.46. The molecule has 7 heteroatoms. The van der Waals surface area contributed by atoms with Gasteiger partial charge < -0.3 is 14.8 Å². The third-order valence-corrected chi connectivity index (χ3v) is 4.66. The van der Waals surface area contributed by atoms with Gasteiger partial charge in [0.1, 0.15) is 10.8 Å². The van der Waals surface area contributed by atoms with Crippen molar-refractivity contribution in [2.75, 3.05) is 18.5 Å². The summed E-state index contributed by atoms with van der Waals surface area (Å²) in [5.41, 5.74) is 2.16. The molecule has 28 heavy (non-hydrogen) atoms. The topological polar surface area (TPSA) is 77.5 Å². The molecule has 2 aromatic carbocycles. The summed E-state index contributed by atoms with van der Waals surface area (Å²) in [6.45, 7) is 1.98. The smallest absolute Gasteiger partial charge is 0.312 e. The maximum Gasteiger partial charge on any atom is 0.312 e. The van der Waals surface area contributed by atoms with Crippen molar-refractivity contribution in [3.05, 3.63) is 65.7 Å². The zero-order chi connectivity index (χ0) is 19.8. The van der Waals surface area contributed by atoms with Crippen molar-refractivity contribution in [2.45, 2.75) is 13.3 Å². The number of hydrogen-bond acceptors (Lipinski definition) is 6. The van der Waals surface area contributed by atoms with Gasteiger partial charge in [-0.15, -0.1) is 11.3 Å². The molecule has 0 aliphatic carbocycles. The third-order valence-electron chi connectivity index (χ3n) is 3.72. The molecule has 1 aromatic heterocycles. The van der Waals surface area contributed by atoms with Gasteiger partial charge in [-0.05, 0) is 19.1 Å². The SMILES string of the molecule is CCOc1ccccc1NC(=O)COC(=O)Cc1csc(-c2ccccc2)n1. The van der Waals surface area contributed by atoms with Gasteiger partial charge in [0.05, 0.1) is 24.4 Å². The second kappa shape index (κ2) is 9.66. The Morgan fingerprint density at radius 3 is 2.61 bits per heavy atom. The van der Waals surface area contributed by atoms with Crippen LogP contribution in [-0.4, -0.2) is 30.1 Å². The summed E-state index contributed by atoms with van der Waals surface area (Å²) in [5, 5.41) is 5.35. The highest BCUT2D eigenvalue weighted by Gasteiger charge is 2.13. The number of rotatable bonds is 8. The summed E-state index contributed by atoms with van der Waals surface area (Å²) < 4.78 is 10.5. The first-order valence-corrected chi connectivity index (χ1v) is 9.71. The van der Waals surface area contributed by atoms with Crippen LogP contribution in [0.1, 0.15) is 12.6 Å². The highest BCUT2D eigenvalue weighted by Crippen LogP contribution is 2.24. The highest BCUT2D eigenvalue weighted by molar-refractivity contribution is 7.13. The van der Waals surface area contributed by atoms with E-state index >= 15 is 0 Å². The monoisotopic (exact) mass is 396 g/mol. The zero-order valence-corrected chi connectivity index (χ0v) is 16.2. The molecule has 0 aliphatic rings. The lowest BCUT2D eigenvalue weighted by Crippen LogP contribution is -2.22. The van der Waals surface area contributed by atoms with Gasteiger partial charge in [-0.25, -0.2) is 4.98 Å². The number of esters is 1. The summed E-state index contributed by atoms with van der Waals surface area (Å²) in [4.78, 5) is 28.5. The molecule has 3 rings (SSSR count). The van der Waals surface area contributed by atoms with Crippen molar-refractivity contribution in [2.24, 2.45) is 0 Å². The number of amides is 1. The van der Waals surface area contributed by atoms with Crippen molar-refractivity contribution in [1.29, 1.82) is 0 Å². The van der Waals surface area contributed by atoms with Crippen molar-refractivity contribution in [3.63, 3.8) is 0 Å². The predicted octanol–water partition coefficient (Wildman–Crippen LogP) is 3.93. The van der Waals surface area contributed by atoms with Crippen LogP contribution in [0.25, 0.3) is 10.6 Å². The van der Waals surface area contributed by atoms with Crippen molar-refractivity contribution < 1.29 is 19.1 Å². The maximum absolute atomic E-state index is 12.1. The van der Waals surface area contributed by atoms with Crippen LogP contribution in [0.4, 0.5) is 5.69 Å². The number of nitrogens with zero attached hydrogens (tertiary/aromatic N) is 1. The Morgan fingerprint density at radius 1 is 1.07 bits per heavy atom. The van der Waals surface area contributed by atoms with Crippen LogP contribution >= 0.6 is 11.3 Å². The van der Waals surface area contributed by atoms with E-state index in [-0.39, 0.29) is 13.0 Å². The number of benzene rings is 2. The molecule has 0 spiro atoms. The van der Waals surface area contributed by atoms with Gasteiger partial charge in [-0.3, -0.25) is 9.59 Å². The lowest BCUT2D eigenvalue weighted by molar-refractivity contribution is -0.146. The lowest BCUT2D eigenvalue weighted by Gasteiger charge is -2.11. The fourth-order valence-corrected chi connectivity index (χ4v) is 3.31. The summed E-state index contributed by atoms with van der Waals surface area (Å²) in [7, 11) is 0. The molecule has 1 amide bonds. The Kier molecular flexibility index (Phi) is 6.75. The molecule has 1 N–H and O–H groups in total. The minimum absolute atomic E-state index is 0.0200. The van der Waals surface area contributed by atoms with Crippen LogP contribution in [0.5, 0.6) is 5.75 Å². The molecule has 0 unspecified atom stereocenters. The Morgan fingerprint density at radius 2 is 1.82 bits per heavy atom. The highest BCUT2D eigenvalue weighted by atomic mass is 32.1. The number of aromatic nitrogens is 1. The second-order valence-corrected chi connectivity index (χ2v) is 6.68. The van der Waals surface area contributed by atoms with Gasteiger partial charge in [-0.1, -0.05) is 42.5 Å². The first-order valence-electron chi connectivity index (χ1n) is 8.83. The summed E-state index contributed by atoms with van der Waals surface area (Å²) in [6.07, 6.45) is 0.0200. The van der Waals surface area contributed by atoms with Gasteiger partial charge in [0.25, 0.3) is 5.91 Å². The fraction of sp³-hybridized carbons (Fsp3) is 0.190. The van der Waals surface area contributed by atoms with Crippen LogP contribution in [0.3, 0.4) is 0 Å². The van der Waals surface area contributed by atoms with Gasteiger partial charge in [0, 0.05) is 10.9 Å². The molecule has 0 bridgehead atoms. The molecule has 144 valence electrons. The van der Waals surface area contributed by atoms with Crippen LogP contribution in [-0.2, 0) is 20.7 Å². The van der Waals surface area contributed by atoms with E-state index in [0.29, 0.717) is 23.7 Å². The Balaban J connectivity index is 1.49. The minimum Gasteiger partial charge on any atom is -0.492 e. The standard InChI is InChI=1S/C21H20N2O4S/c1-2-26-18-11-7-6-10-17(18)23-19(24)13-27-20(25)12-16-14-28-21(22-16)15-8-4-3-5-9-15/h3-11,14H,2,12-13H2,1H3,(H,23,24). The molecule has 0 aliphatic heterocycles. The summed E-state index contributed by atoms with van der Waals surface area (Å²) in [5.74, 6) is -0.359. The van der Waals surface area contributed by atoms with E-state index in [9.17, 15) is 9.59 Å². The van der Waals surface area contributed by atoms with Crippen molar-refractivity contribution >= 4 is 28.9 Å². The van der Waals surface area contributed by atoms with E-state index in [0.717, 1.165) is 10.6 Å². The van der Waals surface area contributed by atoms with Crippen LogP contribution in [0.15, 0.2) is 60.0 Å². The van der Waals surface area contributed by atoms with E-state index in [4.69, 9.17) is 9.47 Å². The molecule has 0 radical (unpaired) electrons. The van der Waals surface area contributed by atoms with Crippen molar-refractivity contribution in [1.82, 2.24) is 4.98 Å². The number of para-hydroxylation sites is 2. The Bertz CT molecular complexity index is 940. The van der Waals surface area contributed by atoms with Gasteiger partial charge in [-0.2, -0.15) is 0 Å². The number of nitrogens with one attached hydrogen (secondary N) is 1. The van der Waals surface area contributed by atoms with Gasteiger partial charge >= 0.3 is 5.97 Å². The van der Waals surface area contributed by atoms with E-state index in [1.807, 2.05) is 48.7 Å². The van der Waals surface area contributed by atoms with E-state index in [1.165, 1.54) is 11.3 Å². The number of ether oxygens (including phenoxy) is 2. The second-order valence-electron chi connectivity index (χ2n) is 5.82. The minimum atomic E-state index is -0.502. The molecule has 0 saturated heterocycles. The maximum atomic E-state index is 12.1. The number of hydrogen-bond donors (Lipinski definition) is 1. The van der Waals surface area contributed by atoms with Crippen molar-refractivity contribution in [3.8, 4) is 16.3 Å². The first-order chi connectivity index (χ1) is 13.7. The fourth-order valence-electron chi connectivity index (χ4n) is 2.48. The summed E-state index contributed by atoms with van der Waals surface area (Å²) in [6, 6.07) is 16.8. The molecular formula is C21H20N2O4S. The molecule has 0 atom stereocenters. The molecule has 0 fully saturated rings. The molecule has 0 saturated carbocycles. The third kappa shape index (κ3) is 5.40. The Labute approximate surface area is 167 Å². The predicted molar refractivity (Wildman–Crippen MR) is 108 cm³/mol. The van der Waals surface area contributed by atoms with E-state index in [2.05, 4.69) is 10.3 Å². The number of thiazole rings is 1. The number of carbonyl (C=O) groups is 2. The normalized spacial score (nSPS) is 10.3. The van der Waals surface area contributed by atoms with E-state index < -0.39 is 11.9 Å². The van der Waals surface area contributed by atoms with Gasteiger partial charge in [0.15, 0.2) is 6.61 Å². The average molecular weight is 396 g/mol. The Hall–Kier alpha value is -3.19. The van der Waals surface area contributed by atoms with Crippen LogP contribution < -0.4 is 10.1 Å². The van der Waals surface area contributed by atoms with E-state index in [1.54, 1.807) is 18.2 Å². The van der Waals surface area contributed by atoms with Crippen LogP contribution in [0.2, 0.25) is 0 Å². The molecule has 1 heterocycles. The molecule has 3 aromatic rings. The average Bonchev–Trinajstić information content (AvgIpc) is 3.17. The van der Waals surface area contributed by atoms with Crippen LogP contribution in [0, 0.1) is 0 Å². The molecular weight excluding hydrogens is 376 g/mol. The number of anilines is 1. The zero-order valence-electron chi connectivity index (χ0n) is 15.4. The molecule has 6 nitrogen and oxygen atoms in total. The lowest BCUT2D eigenvalue weighted by atomic mass is 10.2.